The summed E-state index contributed by atoms with van der Waals surface area (Å²) >= 11 is 6.34. The molecule has 0 unspecified atom stereocenters. The first-order valence-corrected chi connectivity index (χ1v) is 10.1. The molecule has 0 aliphatic carbocycles. The Balaban J connectivity index is 1.90. The minimum absolute atomic E-state index is 0.158. The molecule has 168 valence electrons. The van der Waals surface area contributed by atoms with Gasteiger partial charge in [-0.25, -0.2) is 0 Å². The predicted octanol–water partition coefficient (Wildman–Crippen LogP) is 0.702. The van der Waals surface area contributed by atoms with Crippen molar-refractivity contribution in [3.8, 4) is 5.75 Å². The van der Waals surface area contributed by atoms with Crippen LogP contribution in [0, 0.1) is 0 Å². The number of carbonyl (C=O) groups is 1. The normalized spacial score (nSPS) is 28.2. The van der Waals surface area contributed by atoms with Crippen molar-refractivity contribution >= 4 is 17.5 Å². The monoisotopic (exact) mass is 451 g/mol. The van der Waals surface area contributed by atoms with E-state index in [2.05, 4.69) is 5.32 Å². The number of benzene rings is 2. The van der Waals surface area contributed by atoms with Crippen LogP contribution in [0.5, 0.6) is 5.75 Å². The fraction of sp³-hybridized carbons (Fsp3) is 0.409. The zero-order valence-electron chi connectivity index (χ0n) is 17.2. The second-order valence-corrected chi connectivity index (χ2v) is 7.95. The average Bonchev–Trinajstić information content (AvgIpc) is 2.75. The number of hydrogen-bond donors (Lipinski definition) is 5. The van der Waals surface area contributed by atoms with Crippen molar-refractivity contribution in [3.05, 3.63) is 64.2 Å². The van der Waals surface area contributed by atoms with Crippen LogP contribution >= 0.6 is 11.6 Å². The lowest BCUT2D eigenvalue weighted by Gasteiger charge is -2.46. The molecule has 5 N–H and O–H groups in total. The molecule has 2 aromatic rings. The number of ether oxygens (including phenoxy) is 2. The Morgan fingerprint density at radius 3 is 2.45 bits per heavy atom. The first kappa shape index (κ1) is 23.5. The van der Waals surface area contributed by atoms with E-state index < -0.39 is 30.2 Å². The standard InChI is InChI=1S/C22H26ClNO7/c1-12(25)24-11-18-19(26)20(27)21(28)22(29,31-18)15-5-8-17(23)14(10-15)9-13-3-6-16(30-2)7-4-13/h3-8,10,18-21,26-29H,9,11H2,1-2H3,(H,24,25)/t18-,19-,20+,21-,22+/m1/s1. The Labute approximate surface area is 185 Å². The third kappa shape index (κ3) is 5.01. The molecule has 1 fully saturated rings. The molecule has 9 heteroatoms. The summed E-state index contributed by atoms with van der Waals surface area (Å²) in [5.74, 6) is -1.97. The molecule has 31 heavy (non-hydrogen) atoms. The molecule has 0 radical (unpaired) electrons. The van der Waals surface area contributed by atoms with E-state index in [0.29, 0.717) is 17.0 Å². The smallest absolute Gasteiger partial charge is 0.222 e. The SMILES string of the molecule is COc1ccc(Cc2cc([C@]3(O)O[C@H](CNC(C)=O)[C@@H](O)[C@H](O)[C@H]3O)ccc2Cl)cc1. The zero-order chi connectivity index (χ0) is 22.8. The average molecular weight is 452 g/mol. The molecule has 1 amide bonds. The van der Waals surface area contributed by atoms with Crippen LogP contribution in [0.15, 0.2) is 42.5 Å². The van der Waals surface area contributed by atoms with E-state index in [9.17, 15) is 25.2 Å². The van der Waals surface area contributed by atoms with Crippen molar-refractivity contribution in [2.24, 2.45) is 0 Å². The van der Waals surface area contributed by atoms with Gasteiger partial charge in [0.15, 0.2) is 0 Å². The summed E-state index contributed by atoms with van der Waals surface area (Å²) in [6.45, 7) is 1.13. The molecule has 1 aliphatic heterocycles. The fourth-order valence-corrected chi connectivity index (χ4v) is 3.73. The molecule has 0 spiro atoms. The summed E-state index contributed by atoms with van der Waals surface area (Å²) in [4.78, 5) is 11.2. The van der Waals surface area contributed by atoms with Gasteiger partial charge in [0, 0.05) is 24.1 Å². The van der Waals surface area contributed by atoms with Crippen LogP contribution in [0.2, 0.25) is 5.02 Å². The van der Waals surface area contributed by atoms with Gasteiger partial charge in [-0.05, 0) is 41.8 Å². The molecule has 3 rings (SSSR count). The number of halogens is 1. The molecule has 1 aliphatic rings. The van der Waals surface area contributed by atoms with E-state index in [1.54, 1.807) is 19.2 Å². The highest BCUT2D eigenvalue weighted by Crippen LogP contribution is 2.38. The van der Waals surface area contributed by atoms with Crippen molar-refractivity contribution in [2.45, 2.75) is 43.5 Å². The van der Waals surface area contributed by atoms with Gasteiger partial charge in [0.05, 0.1) is 7.11 Å². The zero-order valence-corrected chi connectivity index (χ0v) is 17.9. The molecule has 8 nitrogen and oxygen atoms in total. The van der Waals surface area contributed by atoms with Gasteiger partial charge in [0.2, 0.25) is 11.7 Å². The fourth-order valence-electron chi connectivity index (χ4n) is 3.55. The number of nitrogens with one attached hydrogen (secondary N) is 1. The van der Waals surface area contributed by atoms with Crippen LogP contribution in [0.25, 0.3) is 0 Å². The van der Waals surface area contributed by atoms with E-state index in [1.165, 1.54) is 13.0 Å². The maximum absolute atomic E-state index is 11.2. The summed E-state index contributed by atoms with van der Waals surface area (Å²) in [7, 11) is 1.58. The van der Waals surface area contributed by atoms with E-state index >= 15 is 0 Å². The lowest BCUT2D eigenvalue weighted by Crippen LogP contribution is -2.64. The maximum atomic E-state index is 11.2. The number of rotatable bonds is 6. The van der Waals surface area contributed by atoms with Crippen molar-refractivity contribution in [2.75, 3.05) is 13.7 Å². The largest absolute Gasteiger partial charge is 0.497 e. The number of amides is 1. The quantitative estimate of drug-likeness (QED) is 0.437. The molecule has 1 heterocycles. The second kappa shape index (κ2) is 9.52. The van der Waals surface area contributed by atoms with Crippen LogP contribution in [0.3, 0.4) is 0 Å². The van der Waals surface area contributed by atoms with Crippen molar-refractivity contribution in [3.63, 3.8) is 0 Å². The number of aliphatic hydroxyl groups excluding tert-OH is 3. The Hall–Kier alpha value is -2.20. The first-order chi connectivity index (χ1) is 14.7. The van der Waals surface area contributed by atoms with Gasteiger partial charge < -0.3 is 35.2 Å². The van der Waals surface area contributed by atoms with Gasteiger partial charge in [-0.2, -0.15) is 0 Å². The Bertz CT molecular complexity index is 923. The van der Waals surface area contributed by atoms with Gasteiger partial charge in [-0.15, -0.1) is 0 Å². The number of aliphatic hydroxyl groups is 4. The topological polar surface area (TPSA) is 128 Å². The molecule has 5 atom stereocenters. The Morgan fingerprint density at radius 2 is 1.84 bits per heavy atom. The summed E-state index contributed by atoms with van der Waals surface area (Å²) in [6, 6.07) is 12.0. The molecule has 1 saturated heterocycles. The third-order valence-corrected chi connectivity index (χ3v) is 5.72. The van der Waals surface area contributed by atoms with Crippen molar-refractivity contribution in [1.29, 1.82) is 0 Å². The highest BCUT2D eigenvalue weighted by Gasteiger charge is 2.53. The van der Waals surface area contributed by atoms with Gasteiger partial charge in [0.25, 0.3) is 0 Å². The van der Waals surface area contributed by atoms with E-state index in [-0.39, 0.29) is 18.0 Å². The van der Waals surface area contributed by atoms with E-state index in [0.717, 1.165) is 11.3 Å². The van der Waals surface area contributed by atoms with Gasteiger partial charge >= 0.3 is 0 Å². The number of carbonyl (C=O) groups excluding carboxylic acids is 1. The lowest BCUT2D eigenvalue weighted by molar-refractivity contribution is -0.353. The van der Waals surface area contributed by atoms with Gasteiger partial charge in [-0.1, -0.05) is 29.8 Å². The molecule has 2 aromatic carbocycles. The molecular formula is C22H26ClNO7. The Morgan fingerprint density at radius 1 is 1.16 bits per heavy atom. The van der Waals surface area contributed by atoms with Crippen LogP contribution in [-0.4, -0.2) is 64.4 Å². The molecule has 0 saturated carbocycles. The highest BCUT2D eigenvalue weighted by molar-refractivity contribution is 6.31. The molecular weight excluding hydrogens is 426 g/mol. The van der Waals surface area contributed by atoms with Crippen LogP contribution < -0.4 is 10.1 Å². The minimum atomic E-state index is -2.32. The van der Waals surface area contributed by atoms with Crippen LogP contribution in [0.1, 0.15) is 23.6 Å². The summed E-state index contributed by atoms with van der Waals surface area (Å²) in [5, 5.41) is 45.1. The van der Waals surface area contributed by atoms with Gasteiger partial charge in [0.1, 0.15) is 30.2 Å². The summed E-state index contributed by atoms with van der Waals surface area (Å²) < 4.78 is 10.8. The van der Waals surface area contributed by atoms with E-state index in [1.807, 2.05) is 24.3 Å². The Kier molecular flexibility index (Phi) is 7.20. The van der Waals surface area contributed by atoms with Crippen LogP contribution in [0.4, 0.5) is 0 Å². The van der Waals surface area contributed by atoms with E-state index in [4.69, 9.17) is 21.1 Å². The highest BCUT2D eigenvalue weighted by atomic mass is 35.5. The first-order valence-electron chi connectivity index (χ1n) is 9.76. The van der Waals surface area contributed by atoms with Crippen molar-refractivity contribution in [1.82, 2.24) is 5.32 Å². The second-order valence-electron chi connectivity index (χ2n) is 7.55. The molecule has 0 bridgehead atoms. The summed E-state index contributed by atoms with van der Waals surface area (Å²) in [5.41, 5.74) is 1.76. The summed E-state index contributed by atoms with van der Waals surface area (Å²) in [6.07, 6.45) is -5.74. The number of hydrogen-bond acceptors (Lipinski definition) is 7. The maximum Gasteiger partial charge on any atom is 0.222 e. The molecule has 0 aromatic heterocycles. The van der Waals surface area contributed by atoms with Crippen molar-refractivity contribution < 1.29 is 34.7 Å². The number of methoxy groups -OCH3 is 1. The van der Waals surface area contributed by atoms with Crippen LogP contribution in [-0.2, 0) is 21.7 Å². The predicted molar refractivity (Wildman–Crippen MR) is 113 cm³/mol. The minimum Gasteiger partial charge on any atom is -0.497 e. The third-order valence-electron chi connectivity index (χ3n) is 5.35. The van der Waals surface area contributed by atoms with Gasteiger partial charge in [-0.3, -0.25) is 4.79 Å². The lowest BCUT2D eigenvalue weighted by atomic mass is 9.87.